The van der Waals surface area contributed by atoms with Crippen LogP contribution in [0.3, 0.4) is 0 Å². The van der Waals surface area contributed by atoms with E-state index in [-0.39, 0.29) is 38.0 Å². The number of anilines is 4. The Morgan fingerprint density at radius 1 is 0.553 bits per heavy atom. The number of fused-ring (bicyclic) bond motifs is 2. The highest BCUT2D eigenvalue weighted by Gasteiger charge is 2.34. The number of carbonyl (C=O) groups is 2. The summed E-state index contributed by atoms with van der Waals surface area (Å²) in [5.74, 6) is 0.743. The minimum Gasteiger partial charge on any atom is -0.491 e. The lowest BCUT2D eigenvalue weighted by Crippen LogP contribution is -2.23. The van der Waals surface area contributed by atoms with Crippen molar-refractivity contribution < 1.29 is 29.3 Å². The number of carbonyl (C=O) groups excluding carboxylic acids is 2. The lowest BCUT2D eigenvalue weighted by Gasteiger charge is -2.24. The minimum absolute atomic E-state index is 0.0776. The monoisotopic (exact) mass is 510 g/mol. The van der Waals surface area contributed by atoms with Crippen LogP contribution in [0.25, 0.3) is 0 Å². The zero-order valence-corrected chi connectivity index (χ0v) is 20.4. The maximum atomic E-state index is 13.7. The summed E-state index contributed by atoms with van der Waals surface area (Å²) in [7, 11) is 0. The van der Waals surface area contributed by atoms with Crippen molar-refractivity contribution >= 4 is 34.3 Å². The van der Waals surface area contributed by atoms with Gasteiger partial charge in [0, 0.05) is 22.5 Å². The number of ketones is 2. The molecule has 0 aromatic heterocycles. The molecule has 0 bridgehead atoms. The molecular formula is C30H26N2O6. The first-order valence-corrected chi connectivity index (χ1v) is 12.2. The second-order valence-corrected chi connectivity index (χ2v) is 8.56. The van der Waals surface area contributed by atoms with E-state index in [4.69, 9.17) is 19.7 Å². The van der Waals surface area contributed by atoms with Crippen molar-refractivity contribution in [2.75, 3.05) is 37.1 Å². The topological polar surface area (TPSA) is 117 Å². The maximum absolute atomic E-state index is 13.7. The van der Waals surface area contributed by atoms with Gasteiger partial charge in [-0.3, -0.25) is 9.59 Å². The lowest BCUT2D eigenvalue weighted by molar-refractivity contribution is 0.0980. The number of ether oxygens (including phenoxy) is 2. The minimum atomic E-state index is -0.239. The van der Waals surface area contributed by atoms with Crippen LogP contribution in [0.4, 0.5) is 22.7 Å². The van der Waals surface area contributed by atoms with Crippen LogP contribution in [0.1, 0.15) is 31.8 Å². The lowest BCUT2D eigenvalue weighted by atomic mass is 9.82. The largest absolute Gasteiger partial charge is 0.491 e. The van der Waals surface area contributed by atoms with E-state index in [1.165, 1.54) is 0 Å². The summed E-state index contributed by atoms with van der Waals surface area (Å²) < 4.78 is 10.8. The smallest absolute Gasteiger partial charge is 0.196 e. The van der Waals surface area contributed by atoms with Crippen molar-refractivity contribution in [2.24, 2.45) is 0 Å². The number of nitrogens with one attached hydrogen (secondary N) is 2. The van der Waals surface area contributed by atoms with E-state index < -0.39 is 0 Å². The van der Waals surface area contributed by atoms with Gasteiger partial charge in [0.25, 0.3) is 0 Å². The Kier molecular flexibility index (Phi) is 7.35. The molecule has 4 N–H and O–H groups in total. The number of rotatable bonds is 10. The SMILES string of the molecule is O=C1c2ccccc2C(=O)c2c(Nc3ccc(OCCO)cc3)ccc(Nc3ccc(OCCO)cc3)c21. The van der Waals surface area contributed by atoms with Crippen LogP contribution in [-0.4, -0.2) is 48.2 Å². The maximum Gasteiger partial charge on any atom is 0.196 e. The van der Waals surface area contributed by atoms with Crippen molar-refractivity contribution in [1.82, 2.24) is 0 Å². The fraction of sp³-hybridized carbons (Fsp3) is 0.133. The van der Waals surface area contributed by atoms with E-state index in [2.05, 4.69) is 10.6 Å². The van der Waals surface area contributed by atoms with Gasteiger partial charge in [0.05, 0.1) is 35.7 Å². The molecule has 8 heteroatoms. The molecule has 38 heavy (non-hydrogen) atoms. The zero-order valence-electron chi connectivity index (χ0n) is 20.4. The van der Waals surface area contributed by atoms with Crippen LogP contribution < -0.4 is 20.1 Å². The molecule has 192 valence electrons. The molecule has 0 heterocycles. The number of hydrogen-bond donors (Lipinski definition) is 4. The number of hydrogen-bond acceptors (Lipinski definition) is 8. The van der Waals surface area contributed by atoms with Gasteiger partial charge in [-0.15, -0.1) is 0 Å². The summed E-state index contributed by atoms with van der Waals surface area (Å²) in [6.07, 6.45) is 0. The Morgan fingerprint density at radius 3 is 1.32 bits per heavy atom. The van der Waals surface area contributed by atoms with E-state index in [1.54, 1.807) is 84.9 Å². The first-order chi connectivity index (χ1) is 18.6. The normalized spacial score (nSPS) is 11.9. The predicted molar refractivity (Wildman–Crippen MR) is 144 cm³/mol. The average Bonchev–Trinajstić information content (AvgIpc) is 2.95. The molecule has 0 saturated heterocycles. The van der Waals surface area contributed by atoms with Gasteiger partial charge in [0.1, 0.15) is 24.7 Å². The fourth-order valence-electron chi connectivity index (χ4n) is 4.34. The van der Waals surface area contributed by atoms with E-state index in [0.717, 1.165) is 0 Å². The van der Waals surface area contributed by atoms with E-state index in [1.807, 2.05) is 0 Å². The van der Waals surface area contributed by atoms with Crippen LogP contribution in [-0.2, 0) is 0 Å². The zero-order chi connectivity index (χ0) is 26.5. The van der Waals surface area contributed by atoms with Crippen molar-refractivity contribution in [3.8, 4) is 11.5 Å². The standard InChI is InChI=1S/C30H26N2O6/c33-15-17-37-21-9-5-19(6-10-21)31-25-13-14-26(32-20-7-11-22(12-8-20)38-18-16-34)28-27(25)29(35)23-3-1-2-4-24(23)30(28)36/h1-14,31-34H,15-18H2. The van der Waals surface area contributed by atoms with Gasteiger partial charge in [-0.25, -0.2) is 0 Å². The molecule has 4 aromatic rings. The molecule has 1 aliphatic rings. The summed E-state index contributed by atoms with van der Waals surface area (Å²) in [6.45, 7) is 0.240. The van der Waals surface area contributed by atoms with Crippen LogP contribution in [0.5, 0.6) is 11.5 Å². The van der Waals surface area contributed by atoms with Crippen molar-refractivity contribution in [3.63, 3.8) is 0 Å². The van der Waals surface area contributed by atoms with Gasteiger partial charge in [-0.2, -0.15) is 0 Å². The van der Waals surface area contributed by atoms with E-state index >= 15 is 0 Å². The van der Waals surface area contributed by atoms with E-state index in [0.29, 0.717) is 56.5 Å². The molecule has 0 saturated carbocycles. The summed E-state index contributed by atoms with van der Waals surface area (Å²) >= 11 is 0. The number of benzene rings is 4. The Labute approximate surface area is 219 Å². The second kappa shape index (κ2) is 11.2. The van der Waals surface area contributed by atoms with Crippen molar-refractivity contribution in [3.05, 3.63) is 107 Å². The second-order valence-electron chi connectivity index (χ2n) is 8.56. The average molecular weight is 511 g/mol. The third-order valence-electron chi connectivity index (χ3n) is 6.06. The number of aliphatic hydroxyl groups excluding tert-OH is 2. The first kappa shape index (κ1) is 25.0. The summed E-state index contributed by atoms with van der Waals surface area (Å²) in [5, 5.41) is 24.4. The molecule has 8 nitrogen and oxygen atoms in total. The molecule has 0 spiro atoms. The quantitative estimate of drug-likeness (QED) is 0.214. The van der Waals surface area contributed by atoms with Crippen LogP contribution in [0.2, 0.25) is 0 Å². The van der Waals surface area contributed by atoms with Crippen LogP contribution in [0, 0.1) is 0 Å². The van der Waals surface area contributed by atoms with Crippen LogP contribution in [0.15, 0.2) is 84.9 Å². The summed E-state index contributed by atoms with van der Waals surface area (Å²) in [6, 6.07) is 24.6. The molecule has 0 unspecified atom stereocenters. The van der Waals surface area contributed by atoms with Gasteiger partial charge in [-0.05, 0) is 60.7 Å². The van der Waals surface area contributed by atoms with Crippen molar-refractivity contribution in [1.29, 1.82) is 0 Å². The Hall–Kier alpha value is -4.66. The Balaban J connectivity index is 1.51. The van der Waals surface area contributed by atoms with Crippen molar-refractivity contribution in [2.45, 2.75) is 0 Å². The highest BCUT2D eigenvalue weighted by atomic mass is 16.5. The molecular weight excluding hydrogens is 484 g/mol. The predicted octanol–water partition coefficient (Wildman–Crippen LogP) is 4.69. The highest BCUT2D eigenvalue weighted by molar-refractivity contribution is 6.32. The Morgan fingerprint density at radius 2 is 0.947 bits per heavy atom. The first-order valence-electron chi connectivity index (χ1n) is 12.2. The summed E-state index contributed by atoms with van der Waals surface area (Å²) in [4.78, 5) is 27.4. The van der Waals surface area contributed by atoms with Gasteiger partial charge in [0.2, 0.25) is 0 Å². The molecule has 1 aliphatic carbocycles. The van der Waals surface area contributed by atoms with Gasteiger partial charge < -0.3 is 30.3 Å². The molecule has 5 rings (SSSR count). The third kappa shape index (κ3) is 5.08. The van der Waals surface area contributed by atoms with Gasteiger partial charge in [-0.1, -0.05) is 24.3 Å². The molecule has 0 atom stereocenters. The Bertz CT molecular complexity index is 1350. The highest BCUT2D eigenvalue weighted by Crippen LogP contribution is 2.38. The molecule has 0 aliphatic heterocycles. The molecule has 4 aromatic carbocycles. The summed E-state index contributed by atoms with van der Waals surface area (Å²) in [5.41, 5.74) is 3.75. The molecule has 0 fully saturated rings. The number of aliphatic hydroxyl groups is 2. The third-order valence-corrected chi connectivity index (χ3v) is 6.06. The fourth-order valence-corrected chi connectivity index (χ4v) is 4.34. The van der Waals surface area contributed by atoms with Gasteiger partial charge >= 0.3 is 0 Å². The van der Waals surface area contributed by atoms with Gasteiger partial charge in [0.15, 0.2) is 11.6 Å². The van der Waals surface area contributed by atoms with Crippen LogP contribution >= 0.6 is 0 Å². The van der Waals surface area contributed by atoms with E-state index in [9.17, 15) is 9.59 Å². The molecule has 0 radical (unpaired) electrons. The molecule has 0 amide bonds.